The Kier molecular flexibility index (Phi) is 8.66. The average molecular weight is 439 g/mol. The number of carbonyl (C=O) groups excluding carboxylic acids is 2. The number of rotatable bonds is 8. The minimum Gasteiger partial charge on any atom is -0.451 e. The normalized spacial score (nSPS) is 15.7. The molecule has 0 unspecified atom stereocenters. The molecule has 2 rings (SSSR count). The topological polar surface area (TPSA) is 99.1 Å². The molecule has 7 heteroatoms. The predicted octanol–water partition coefficient (Wildman–Crippen LogP) is 4.29. The summed E-state index contributed by atoms with van der Waals surface area (Å²) in [7, 11) is 1.58. The van der Waals surface area contributed by atoms with E-state index in [1.807, 2.05) is 26.0 Å². The molecule has 0 aliphatic heterocycles. The number of nitriles is 2. The van der Waals surface area contributed by atoms with E-state index in [0.717, 1.165) is 49.2 Å². The van der Waals surface area contributed by atoms with Crippen molar-refractivity contribution in [1.82, 2.24) is 9.47 Å². The lowest BCUT2D eigenvalue weighted by atomic mass is 9.81. The largest absolute Gasteiger partial charge is 0.451 e. The van der Waals surface area contributed by atoms with Gasteiger partial charge in [0.15, 0.2) is 6.61 Å². The van der Waals surface area contributed by atoms with Gasteiger partial charge in [0.2, 0.25) is 0 Å². The third-order valence-corrected chi connectivity index (χ3v) is 6.41. The van der Waals surface area contributed by atoms with Gasteiger partial charge in [-0.05, 0) is 56.7 Å². The maximum atomic E-state index is 12.6. The number of nitrogens with zero attached hydrogens (tertiary/aromatic N) is 4. The van der Waals surface area contributed by atoms with E-state index in [4.69, 9.17) is 4.74 Å². The Morgan fingerprint density at radius 2 is 1.91 bits per heavy atom. The fourth-order valence-corrected chi connectivity index (χ4v) is 4.20. The van der Waals surface area contributed by atoms with Crippen molar-refractivity contribution in [3.8, 4) is 12.1 Å². The third kappa shape index (κ3) is 5.79. The molecule has 1 amide bonds. The molecule has 1 aromatic rings. The molecule has 1 aliphatic carbocycles. The zero-order chi connectivity index (χ0) is 23.9. The fraction of sp³-hybridized carbons (Fsp3) is 0.600. The van der Waals surface area contributed by atoms with Gasteiger partial charge in [-0.25, -0.2) is 4.79 Å². The van der Waals surface area contributed by atoms with Gasteiger partial charge in [-0.1, -0.05) is 33.1 Å². The summed E-state index contributed by atoms with van der Waals surface area (Å²) >= 11 is 0. The molecule has 1 aliphatic rings. The number of amides is 1. The van der Waals surface area contributed by atoms with E-state index in [0.29, 0.717) is 18.8 Å². The van der Waals surface area contributed by atoms with E-state index in [-0.39, 0.29) is 5.57 Å². The Bertz CT molecular complexity index is 953. The first-order valence-electron chi connectivity index (χ1n) is 11.3. The van der Waals surface area contributed by atoms with Crippen LogP contribution in [0.2, 0.25) is 0 Å². The first-order valence-corrected chi connectivity index (χ1v) is 11.3. The second-order valence-electron chi connectivity index (χ2n) is 9.06. The van der Waals surface area contributed by atoms with Gasteiger partial charge in [0.1, 0.15) is 17.2 Å². The monoisotopic (exact) mass is 438 g/mol. The van der Waals surface area contributed by atoms with E-state index in [2.05, 4.69) is 24.5 Å². The number of hydrogen-bond acceptors (Lipinski definition) is 5. The number of aromatic nitrogens is 1. The maximum absolute atomic E-state index is 12.6. The van der Waals surface area contributed by atoms with Crippen molar-refractivity contribution < 1.29 is 14.3 Å². The number of esters is 1. The average Bonchev–Trinajstić information content (AvgIpc) is 3.05. The zero-order valence-corrected chi connectivity index (χ0v) is 19.9. The first kappa shape index (κ1) is 25.2. The fourth-order valence-electron chi connectivity index (χ4n) is 4.20. The highest BCUT2D eigenvalue weighted by molar-refractivity contribution is 5.99. The first-order chi connectivity index (χ1) is 15.1. The van der Waals surface area contributed by atoms with Crippen molar-refractivity contribution >= 4 is 18.0 Å². The van der Waals surface area contributed by atoms with Gasteiger partial charge in [-0.15, -0.1) is 0 Å². The molecule has 0 spiro atoms. The van der Waals surface area contributed by atoms with Crippen molar-refractivity contribution in [1.29, 1.82) is 10.5 Å². The second-order valence-corrected chi connectivity index (χ2v) is 9.06. The highest BCUT2D eigenvalue weighted by Crippen LogP contribution is 2.32. The summed E-state index contributed by atoms with van der Waals surface area (Å²) in [6.45, 7) is 8.68. The van der Waals surface area contributed by atoms with Gasteiger partial charge in [0.05, 0.1) is 6.07 Å². The summed E-state index contributed by atoms with van der Waals surface area (Å²) in [5.41, 5.74) is 1.83. The van der Waals surface area contributed by atoms with E-state index < -0.39 is 24.0 Å². The van der Waals surface area contributed by atoms with Crippen LogP contribution < -0.4 is 0 Å². The SMILES string of the molecule is Cc1cc(/C=C(\C#N)C(=O)OCC(=O)N(C)C2(C#N)CCCCC2)c(C)n1CCC(C)C. The number of aryl methyl sites for hydroxylation is 1. The van der Waals surface area contributed by atoms with Gasteiger partial charge < -0.3 is 14.2 Å². The lowest BCUT2D eigenvalue weighted by Gasteiger charge is -2.38. The molecule has 1 saturated carbocycles. The van der Waals surface area contributed by atoms with Crippen molar-refractivity contribution in [2.45, 2.75) is 78.3 Å². The third-order valence-electron chi connectivity index (χ3n) is 6.41. The Morgan fingerprint density at radius 1 is 1.25 bits per heavy atom. The van der Waals surface area contributed by atoms with E-state index >= 15 is 0 Å². The summed E-state index contributed by atoms with van der Waals surface area (Å²) < 4.78 is 7.33. The smallest absolute Gasteiger partial charge is 0.349 e. The standard InChI is InChI=1S/C25H34N4O3/c1-18(2)9-12-29-19(3)13-21(20(29)4)14-22(15-26)24(31)32-16-23(30)28(5)25(17-27)10-7-6-8-11-25/h13-14,18H,6-12,16H2,1-5H3/b22-14+. The van der Waals surface area contributed by atoms with Crippen LogP contribution in [-0.4, -0.2) is 40.5 Å². The Hall–Kier alpha value is -3.06. The highest BCUT2D eigenvalue weighted by atomic mass is 16.5. The Balaban J connectivity index is 2.08. The summed E-state index contributed by atoms with van der Waals surface area (Å²) in [4.78, 5) is 26.5. The molecule has 0 bridgehead atoms. The number of carbonyl (C=O) groups is 2. The van der Waals surface area contributed by atoms with Crippen LogP contribution >= 0.6 is 0 Å². The molecule has 0 saturated heterocycles. The van der Waals surface area contributed by atoms with Gasteiger partial charge in [-0.3, -0.25) is 4.79 Å². The van der Waals surface area contributed by atoms with Gasteiger partial charge in [-0.2, -0.15) is 10.5 Å². The molecule has 0 N–H and O–H groups in total. The van der Waals surface area contributed by atoms with Crippen molar-refractivity contribution in [3.63, 3.8) is 0 Å². The van der Waals surface area contributed by atoms with Crippen molar-refractivity contribution in [2.75, 3.05) is 13.7 Å². The predicted molar refractivity (Wildman–Crippen MR) is 122 cm³/mol. The minimum atomic E-state index is -0.844. The summed E-state index contributed by atoms with van der Waals surface area (Å²) in [6, 6.07) is 6.12. The van der Waals surface area contributed by atoms with Crippen molar-refractivity contribution in [2.24, 2.45) is 5.92 Å². The molecular formula is C25H34N4O3. The summed E-state index contributed by atoms with van der Waals surface area (Å²) in [5.74, 6) is -0.703. The molecule has 0 radical (unpaired) electrons. The summed E-state index contributed by atoms with van der Waals surface area (Å²) in [5, 5.41) is 19.1. The Morgan fingerprint density at radius 3 is 2.47 bits per heavy atom. The van der Waals surface area contributed by atoms with Gasteiger partial charge in [0.25, 0.3) is 5.91 Å². The van der Waals surface area contributed by atoms with E-state index in [9.17, 15) is 20.1 Å². The minimum absolute atomic E-state index is 0.155. The van der Waals surface area contributed by atoms with E-state index in [1.165, 1.54) is 11.0 Å². The molecular weight excluding hydrogens is 404 g/mol. The Labute approximate surface area is 191 Å². The quantitative estimate of drug-likeness (QED) is 0.342. The molecule has 7 nitrogen and oxygen atoms in total. The van der Waals surface area contributed by atoms with Crippen LogP contribution in [0.4, 0.5) is 0 Å². The zero-order valence-electron chi connectivity index (χ0n) is 19.9. The van der Waals surface area contributed by atoms with Crippen LogP contribution in [0.15, 0.2) is 11.6 Å². The summed E-state index contributed by atoms with van der Waals surface area (Å²) in [6.07, 6.45) is 6.62. The van der Waals surface area contributed by atoms with Crippen LogP contribution in [0.1, 0.15) is 69.3 Å². The van der Waals surface area contributed by atoms with Crippen molar-refractivity contribution in [3.05, 3.63) is 28.6 Å². The lowest BCUT2D eigenvalue weighted by molar-refractivity contribution is -0.150. The molecule has 1 heterocycles. The molecule has 1 aromatic heterocycles. The molecule has 32 heavy (non-hydrogen) atoms. The van der Waals surface area contributed by atoms with Crippen LogP contribution in [0, 0.1) is 42.4 Å². The number of likely N-dealkylation sites (N-methyl/N-ethyl adjacent to an activating group) is 1. The van der Waals surface area contributed by atoms with Gasteiger partial charge >= 0.3 is 5.97 Å². The number of hydrogen-bond donors (Lipinski definition) is 0. The maximum Gasteiger partial charge on any atom is 0.349 e. The van der Waals surface area contributed by atoms with E-state index in [1.54, 1.807) is 7.05 Å². The van der Waals surface area contributed by atoms with Crippen LogP contribution in [-0.2, 0) is 20.9 Å². The van der Waals surface area contributed by atoms with Crippen LogP contribution in [0.5, 0.6) is 0 Å². The van der Waals surface area contributed by atoms with Gasteiger partial charge in [0, 0.05) is 25.0 Å². The lowest BCUT2D eigenvalue weighted by Crippen LogP contribution is -2.51. The molecule has 0 atom stereocenters. The number of ether oxygens (including phenoxy) is 1. The molecule has 172 valence electrons. The van der Waals surface area contributed by atoms with Crippen LogP contribution in [0.25, 0.3) is 6.08 Å². The molecule has 0 aromatic carbocycles. The van der Waals surface area contributed by atoms with Crippen LogP contribution in [0.3, 0.4) is 0 Å². The highest BCUT2D eigenvalue weighted by Gasteiger charge is 2.39. The second kappa shape index (κ2) is 11.0. The molecule has 1 fully saturated rings.